The minimum atomic E-state index is 0.401. The van der Waals surface area contributed by atoms with Crippen LogP contribution in [-0.2, 0) is 0 Å². The Bertz CT molecular complexity index is 193. The van der Waals surface area contributed by atoms with Gasteiger partial charge in [-0.1, -0.05) is 13.8 Å². The summed E-state index contributed by atoms with van der Waals surface area (Å²) < 4.78 is 0. The number of fused-ring (bicyclic) bond motifs is 2. The fourth-order valence-electron chi connectivity index (χ4n) is 3.72. The van der Waals surface area contributed by atoms with Crippen molar-refractivity contribution in [3.63, 3.8) is 0 Å². The molecule has 3 aliphatic carbocycles. The van der Waals surface area contributed by atoms with Crippen molar-refractivity contribution in [1.29, 1.82) is 0 Å². The molecule has 0 spiro atoms. The maximum atomic E-state index is 5.89. The van der Waals surface area contributed by atoms with Crippen molar-refractivity contribution in [2.75, 3.05) is 0 Å². The van der Waals surface area contributed by atoms with E-state index in [2.05, 4.69) is 20.8 Å². The fraction of sp³-hybridized carbons (Fsp3) is 1.00. The molecule has 2 bridgehead atoms. The summed E-state index contributed by atoms with van der Waals surface area (Å²) in [4.78, 5) is 0. The molecule has 3 saturated carbocycles. The van der Waals surface area contributed by atoms with Crippen molar-refractivity contribution in [2.24, 2.45) is 28.9 Å². The second-order valence-corrected chi connectivity index (χ2v) is 5.91. The highest BCUT2D eigenvalue weighted by Crippen LogP contribution is 2.62. The predicted molar refractivity (Wildman–Crippen MR) is 56.4 cm³/mol. The lowest BCUT2D eigenvalue weighted by Gasteiger charge is -2.60. The first-order chi connectivity index (χ1) is 6.01. The van der Waals surface area contributed by atoms with E-state index in [0.717, 1.165) is 17.8 Å². The van der Waals surface area contributed by atoms with Crippen LogP contribution in [0, 0.1) is 23.2 Å². The minimum Gasteiger partial charge on any atom is -0.328 e. The van der Waals surface area contributed by atoms with E-state index in [1.165, 1.54) is 25.7 Å². The van der Waals surface area contributed by atoms with E-state index in [4.69, 9.17) is 5.73 Å². The molecule has 0 aromatic carbocycles. The van der Waals surface area contributed by atoms with Crippen LogP contribution in [-0.4, -0.2) is 6.04 Å². The Balaban J connectivity index is 1.99. The Hall–Kier alpha value is -0.0400. The number of hydrogen-bond acceptors (Lipinski definition) is 1. The molecule has 76 valence electrons. The molecule has 13 heavy (non-hydrogen) atoms. The van der Waals surface area contributed by atoms with Gasteiger partial charge < -0.3 is 5.73 Å². The molecule has 0 amide bonds. The zero-order chi connectivity index (χ0) is 9.64. The molecule has 2 N–H and O–H groups in total. The van der Waals surface area contributed by atoms with Gasteiger partial charge >= 0.3 is 0 Å². The predicted octanol–water partition coefficient (Wildman–Crippen LogP) is 2.80. The molecule has 3 unspecified atom stereocenters. The van der Waals surface area contributed by atoms with E-state index < -0.39 is 0 Å². The molecule has 0 aromatic rings. The fourth-order valence-corrected chi connectivity index (χ4v) is 3.72. The summed E-state index contributed by atoms with van der Waals surface area (Å²) in [7, 11) is 0. The Labute approximate surface area is 82.1 Å². The van der Waals surface area contributed by atoms with Gasteiger partial charge in [-0.25, -0.2) is 0 Å². The Morgan fingerprint density at radius 3 is 2.54 bits per heavy atom. The van der Waals surface area contributed by atoms with E-state index in [-0.39, 0.29) is 0 Å². The maximum absolute atomic E-state index is 5.89. The van der Waals surface area contributed by atoms with E-state index >= 15 is 0 Å². The van der Waals surface area contributed by atoms with Gasteiger partial charge in [0.1, 0.15) is 0 Å². The van der Waals surface area contributed by atoms with Crippen LogP contribution in [0.4, 0.5) is 0 Å². The zero-order valence-electron chi connectivity index (χ0n) is 9.22. The SMILES string of the molecule is C[C@@H](N)CC1CCC2CC1C2(C)C. The van der Waals surface area contributed by atoms with E-state index in [9.17, 15) is 0 Å². The largest absolute Gasteiger partial charge is 0.328 e. The van der Waals surface area contributed by atoms with Gasteiger partial charge in [0.15, 0.2) is 0 Å². The lowest BCUT2D eigenvalue weighted by atomic mass is 9.45. The quantitative estimate of drug-likeness (QED) is 0.696. The average molecular weight is 181 g/mol. The second kappa shape index (κ2) is 2.98. The molecule has 3 rings (SSSR count). The monoisotopic (exact) mass is 181 g/mol. The van der Waals surface area contributed by atoms with E-state index in [1.807, 2.05) is 0 Å². The van der Waals surface area contributed by atoms with Crippen molar-refractivity contribution in [2.45, 2.75) is 52.5 Å². The number of hydrogen-bond donors (Lipinski definition) is 1. The lowest BCUT2D eigenvalue weighted by Crippen LogP contribution is -2.53. The summed E-state index contributed by atoms with van der Waals surface area (Å²) in [5.41, 5.74) is 6.53. The number of rotatable bonds is 2. The smallest absolute Gasteiger partial charge is 0.00132 e. The van der Waals surface area contributed by atoms with E-state index in [0.29, 0.717) is 11.5 Å². The second-order valence-electron chi connectivity index (χ2n) is 5.91. The molecular weight excluding hydrogens is 158 g/mol. The third-order valence-electron chi connectivity index (χ3n) is 4.68. The molecule has 1 heteroatoms. The van der Waals surface area contributed by atoms with Gasteiger partial charge in [-0.15, -0.1) is 0 Å². The van der Waals surface area contributed by atoms with Crippen LogP contribution < -0.4 is 5.73 Å². The molecule has 0 aromatic heterocycles. The molecule has 0 saturated heterocycles. The molecule has 3 aliphatic rings. The van der Waals surface area contributed by atoms with Crippen molar-refractivity contribution in [1.82, 2.24) is 0 Å². The van der Waals surface area contributed by atoms with Crippen LogP contribution in [0.2, 0.25) is 0 Å². The van der Waals surface area contributed by atoms with E-state index in [1.54, 1.807) is 0 Å². The average Bonchev–Trinajstić information content (AvgIpc) is 2.03. The molecule has 3 fully saturated rings. The highest BCUT2D eigenvalue weighted by Gasteiger charge is 2.53. The third kappa shape index (κ3) is 1.41. The highest BCUT2D eigenvalue weighted by atomic mass is 14.6. The van der Waals surface area contributed by atoms with Crippen LogP contribution in [0.5, 0.6) is 0 Å². The van der Waals surface area contributed by atoms with Crippen molar-refractivity contribution in [3.8, 4) is 0 Å². The van der Waals surface area contributed by atoms with Gasteiger partial charge in [0.2, 0.25) is 0 Å². The van der Waals surface area contributed by atoms with Gasteiger partial charge in [0.25, 0.3) is 0 Å². The van der Waals surface area contributed by atoms with Crippen LogP contribution >= 0.6 is 0 Å². The molecule has 4 atom stereocenters. The van der Waals surface area contributed by atoms with Crippen LogP contribution in [0.3, 0.4) is 0 Å². The standard InChI is InChI=1S/C12H23N/c1-8(13)6-9-4-5-10-7-11(9)12(10,2)3/h8-11H,4-7,13H2,1-3H3/t8-,9?,10?,11?/m1/s1. The summed E-state index contributed by atoms with van der Waals surface area (Å²) in [6.45, 7) is 7.07. The lowest BCUT2D eigenvalue weighted by molar-refractivity contribution is -0.107. The summed E-state index contributed by atoms with van der Waals surface area (Å²) >= 11 is 0. The van der Waals surface area contributed by atoms with Gasteiger partial charge in [-0.05, 0) is 55.8 Å². The first-order valence-corrected chi connectivity index (χ1v) is 5.77. The zero-order valence-corrected chi connectivity index (χ0v) is 9.22. The first kappa shape index (κ1) is 9.51. The van der Waals surface area contributed by atoms with Gasteiger partial charge in [0.05, 0.1) is 0 Å². The molecular formula is C12H23N. The van der Waals surface area contributed by atoms with Gasteiger partial charge in [0, 0.05) is 6.04 Å². The van der Waals surface area contributed by atoms with Crippen molar-refractivity contribution >= 4 is 0 Å². The first-order valence-electron chi connectivity index (χ1n) is 5.77. The van der Waals surface area contributed by atoms with Crippen molar-refractivity contribution < 1.29 is 0 Å². The summed E-state index contributed by atoms with van der Waals surface area (Å²) in [6.07, 6.45) is 5.65. The molecule has 0 heterocycles. The minimum absolute atomic E-state index is 0.401. The van der Waals surface area contributed by atoms with Gasteiger partial charge in [-0.3, -0.25) is 0 Å². The molecule has 1 nitrogen and oxygen atoms in total. The molecule has 0 aliphatic heterocycles. The normalized spacial score (nSPS) is 43.8. The summed E-state index contributed by atoms with van der Waals surface area (Å²) in [5, 5.41) is 0. The summed E-state index contributed by atoms with van der Waals surface area (Å²) in [5.74, 6) is 2.94. The van der Waals surface area contributed by atoms with Crippen LogP contribution in [0.25, 0.3) is 0 Å². The number of nitrogens with two attached hydrogens (primary N) is 1. The van der Waals surface area contributed by atoms with Crippen LogP contribution in [0.15, 0.2) is 0 Å². The Morgan fingerprint density at radius 1 is 1.38 bits per heavy atom. The maximum Gasteiger partial charge on any atom is 0.00132 e. The Morgan fingerprint density at radius 2 is 2.08 bits per heavy atom. The van der Waals surface area contributed by atoms with Gasteiger partial charge in [-0.2, -0.15) is 0 Å². The summed E-state index contributed by atoms with van der Waals surface area (Å²) in [6, 6.07) is 0.401. The van der Waals surface area contributed by atoms with Crippen molar-refractivity contribution in [3.05, 3.63) is 0 Å². The Kier molecular flexibility index (Phi) is 2.18. The third-order valence-corrected chi connectivity index (χ3v) is 4.68. The highest BCUT2D eigenvalue weighted by molar-refractivity contribution is 5.03. The van der Waals surface area contributed by atoms with Crippen LogP contribution in [0.1, 0.15) is 46.5 Å². The topological polar surface area (TPSA) is 26.0 Å². The molecule has 0 radical (unpaired) electrons.